The lowest BCUT2D eigenvalue weighted by molar-refractivity contribution is -0.142. The van der Waals surface area contributed by atoms with E-state index >= 15 is 0 Å². The van der Waals surface area contributed by atoms with Gasteiger partial charge in [-0.1, -0.05) is 41.0 Å². The van der Waals surface area contributed by atoms with Crippen molar-refractivity contribution >= 4 is 5.91 Å². The molecule has 4 unspecified atom stereocenters. The minimum absolute atomic E-state index is 0.00153. The minimum Gasteiger partial charge on any atom is -0.345 e. The lowest BCUT2D eigenvalue weighted by atomic mass is 9.60. The summed E-state index contributed by atoms with van der Waals surface area (Å²) in [5.41, 5.74) is 6.17. The van der Waals surface area contributed by atoms with Gasteiger partial charge in [0, 0.05) is 25.6 Å². The first-order chi connectivity index (χ1) is 8.71. The Morgan fingerprint density at radius 2 is 2.00 bits per heavy atom. The number of carbonyl (C=O) groups excluding carboxylic acids is 1. The molecule has 3 heteroatoms. The van der Waals surface area contributed by atoms with Gasteiger partial charge in [-0.3, -0.25) is 4.79 Å². The molecule has 1 amide bonds. The fraction of sp³-hybridized carbons (Fsp3) is 0.938. The van der Waals surface area contributed by atoms with Crippen molar-refractivity contribution in [2.45, 2.75) is 59.9 Å². The van der Waals surface area contributed by atoms with Crippen molar-refractivity contribution in [3.05, 3.63) is 0 Å². The van der Waals surface area contributed by atoms with Crippen molar-refractivity contribution < 1.29 is 4.79 Å². The molecule has 1 rings (SSSR count). The number of nitrogens with two attached hydrogens (primary N) is 1. The maximum atomic E-state index is 12.7. The van der Waals surface area contributed by atoms with Crippen LogP contribution in [-0.2, 0) is 4.79 Å². The Morgan fingerprint density at radius 3 is 2.53 bits per heavy atom. The molecule has 1 aliphatic carbocycles. The third kappa shape index (κ3) is 3.50. The smallest absolute Gasteiger partial charge is 0.225 e. The van der Waals surface area contributed by atoms with E-state index in [-0.39, 0.29) is 17.4 Å². The highest BCUT2D eigenvalue weighted by Gasteiger charge is 2.45. The predicted octanol–water partition coefficient (Wildman–Crippen LogP) is 2.89. The average Bonchev–Trinajstić information content (AvgIpc) is 2.35. The molecule has 4 atom stereocenters. The van der Waals surface area contributed by atoms with E-state index < -0.39 is 0 Å². The molecule has 0 radical (unpaired) electrons. The average molecular weight is 268 g/mol. The lowest BCUT2D eigenvalue weighted by Crippen LogP contribution is -2.52. The molecule has 1 fully saturated rings. The van der Waals surface area contributed by atoms with Crippen molar-refractivity contribution in [1.29, 1.82) is 0 Å². The highest BCUT2D eigenvalue weighted by molar-refractivity contribution is 5.79. The van der Waals surface area contributed by atoms with Crippen LogP contribution in [0, 0.1) is 23.2 Å². The second-order valence-electron chi connectivity index (χ2n) is 7.14. The van der Waals surface area contributed by atoms with Crippen LogP contribution in [0.5, 0.6) is 0 Å². The van der Waals surface area contributed by atoms with Crippen LogP contribution >= 0.6 is 0 Å². The molecule has 0 aromatic rings. The summed E-state index contributed by atoms with van der Waals surface area (Å²) in [6.07, 6.45) is 3.02. The molecule has 3 nitrogen and oxygen atoms in total. The number of rotatable bonds is 4. The van der Waals surface area contributed by atoms with Crippen LogP contribution in [0.2, 0.25) is 0 Å². The Kier molecular flexibility index (Phi) is 5.43. The van der Waals surface area contributed by atoms with E-state index in [1.165, 1.54) is 0 Å². The van der Waals surface area contributed by atoms with Gasteiger partial charge in [0.05, 0.1) is 0 Å². The van der Waals surface area contributed by atoms with Gasteiger partial charge in [0.2, 0.25) is 5.91 Å². The first-order valence-corrected chi connectivity index (χ1v) is 7.72. The highest BCUT2D eigenvalue weighted by Crippen LogP contribution is 2.45. The molecule has 0 saturated heterocycles. The van der Waals surface area contributed by atoms with Crippen molar-refractivity contribution in [2.75, 3.05) is 13.6 Å². The summed E-state index contributed by atoms with van der Waals surface area (Å²) in [5, 5.41) is 0. The molecule has 112 valence electrons. The zero-order valence-electron chi connectivity index (χ0n) is 13.6. The molecule has 0 aromatic carbocycles. The molecule has 1 aliphatic rings. The monoisotopic (exact) mass is 268 g/mol. The van der Waals surface area contributed by atoms with Crippen LogP contribution in [-0.4, -0.2) is 30.4 Å². The van der Waals surface area contributed by atoms with Crippen molar-refractivity contribution in [2.24, 2.45) is 28.9 Å². The van der Waals surface area contributed by atoms with Crippen LogP contribution in [0.25, 0.3) is 0 Å². The first-order valence-electron chi connectivity index (χ1n) is 7.72. The number of carbonyl (C=O) groups is 1. The summed E-state index contributed by atoms with van der Waals surface area (Å²) in [4.78, 5) is 14.6. The predicted molar refractivity (Wildman–Crippen MR) is 80.7 cm³/mol. The van der Waals surface area contributed by atoms with Crippen LogP contribution < -0.4 is 5.73 Å². The number of nitrogens with zero attached hydrogens (tertiary/aromatic N) is 1. The lowest BCUT2D eigenvalue weighted by Gasteiger charge is -2.47. The summed E-state index contributed by atoms with van der Waals surface area (Å²) in [7, 11) is 1.95. The van der Waals surface area contributed by atoms with Crippen LogP contribution in [0.4, 0.5) is 0 Å². The van der Waals surface area contributed by atoms with E-state index in [0.717, 1.165) is 25.8 Å². The normalized spacial score (nSPS) is 31.8. The van der Waals surface area contributed by atoms with Gasteiger partial charge in [-0.15, -0.1) is 0 Å². The van der Waals surface area contributed by atoms with Crippen molar-refractivity contribution in [3.8, 4) is 0 Å². The minimum atomic E-state index is -0.00153. The first kappa shape index (κ1) is 16.5. The molecule has 2 N–H and O–H groups in total. The summed E-state index contributed by atoms with van der Waals surface area (Å²) in [5.74, 6) is 1.40. The molecular formula is C16H32N2O. The van der Waals surface area contributed by atoms with E-state index in [2.05, 4.69) is 34.6 Å². The standard InChI is InChI=1S/C16H32N2O/c1-7-11(2)10-18(6)15(19)13-8-9-14(17)12(3)16(13,4)5/h11-14H,7-10,17H2,1-6H3. The number of amides is 1. The Balaban J connectivity index is 2.76. The molecule has 0 aromatic heterocycles. The number of hydrogen-bond donors (Lipinski definition) is 1. The van der Waals surface area contributed by atoms with Gasteiger partial charge in [-0.2, -0.15) is 0 Å². The Labute approximate surface area is 118 Å². The van der Waals surface area contributed by atoms with Gasteiger partial charge in [-0.05, 0) is 30.1 Å². The second-order valence-corrected chi connectivity index (χ2v) is 7.14. The fourth-order valence-electron chi connectivity index (χ4n) is 3.24. The largest absolute Gasteiger partial charge is 0.345 e. The van der Waals surface area contributed by atoms with Gasteiger partial charge in [0.15, 0.2) is 0 Å². The maximum Gasteiger partial charge on any atom is 0.225 e. The Hall–Kier alpha value is -0.570. The third-order valence-corrected chi connectivity index (χ3v) is 5.46. The Morgan fingerprint density at radius 1 is 1.42 bits per heavy atom. The van der Waals surface area contributed by atoms with Crippen LogP contribution in [0.1, 0.15) is 53.9 Å². The SMILES string of the molecule is CCC(C)CN(C)C(=O)C1CCC(N)C(C)C1(C)C. The van der Waals surface area contributed by atoms with Crippen LogP contribution in [0.15, 0.2) is 0 Å². The molecule has 0 spiro atoms. The van der Waals surface area contributed by atoms with Gasteiger partial charge in [0.25, 0.3) is 0 Å². The highest BCUT2D eigenvalue weighted by atomic mass is 16.2. The molecule has 0 heterocycles. The summed E-state index contributed by atoms with van der Waals surface area (Å²) in [6, 6.07) is 0.235. The maximum absolute atomic E-state index is 12.7. The van der Waals surface area contributed by atoms with Crippen LogP contribution in [0.3, 0.4) is 0 Å². The van der Waals surface area contributed by atoms with E-state index in [4.69, 9.17) is 5.73 Å². The van der Waals surface area contributed by atoms with Gasteiger partial charge in [0.1, 0.15) is 0 Å². The van der Waals surface area contributed by atoms with Crippen molar-refractivity contribution in [3.63, 3.8) is 0 Å². The zero-order chi connectivity index (χ0) is 14.8. The van der Waals surface area contributed by atoms with E-state index in [0.29, 0.717) is 17.7 Å². The summed E-state index contributed by atoms with van der Waals surface area (Å²) in [6.45, 7) is 11.8. The number of hydrogen-bond acceptors (Lipinski definition) is 2. The topological polar surface area (TPSA) is 46.3 Å². The van der Waals surface area contributed by atoms with Crippen molar-refractivity contribution in [1.82, 2.24) is 4.90 Å². The van der Waals surface area contributed by atoms with E-state index in [1.807, 2.05) is 11.9 Å². The summed E-state index contributed by atoms with van der Waals surface area (Å²) >= 11 is 0. The molecule has 0 bridgehead atoms. The Bertz CT molecular complexity index is 314. The zero-order valence-corrected chi connectivity index (χ0v) is 13.6. The molecule has 0 aliphatic heterocycles. The third-order valence-electron chi connectivity index (χ3n) is 5.46. The fourth-order valence-corrected chi connectivity index (χ4v) is 3.24. The van der Waals surface area contributed by atoms with Gasteiger partial charge < -0.3 is 10.6 Å². The quantitative estimate of drug-likeness (QED) is 0.852. The summed E-state index contributed by atoms with van der Waals surface area (Å²) < 4.78 is 0. The van der Waals surface area contributed by atoms with E-state index in [1.54, 1.807) is 0 Å². The van der Waals surface area contributed by atoms with Gasteiger partial charge >= 0.3 is 0 Å². The second kappa shape index (κ2) is 6.25. The molecule has 19 heavy (non-hydrogen) atoms. The van der Waals surface area contributed by atoms with E-state index in [9.17, 15) is 4.79 Å². The molecular weight excluding hydrogens is 236 g/mol. The van der Waals surface area contributed by atoms with Gasteiger partial charge in [-0.25, -0.2) is 0 Å². The molecule has 1 saturated carbocycles.